The molecule has 7 nitrogen and oxygen atoms in total. The number of carbonyl (C=O) groups is 1. The summed E-state index contributed by atoms with van der Waals surface area (Å²) in [7, 11) is 3.70. The maximum absolute atomic E-state index is 12.0. The summed E-state index contributed by atoms with van der Waals surface area (Å²) in [4.78, 5) is 21.1. The van der Waals surface area contributed by atoms with Gasteiger partial charge in [0.2, 0.25) is 0 Å². The van der Waals surface area contributed by atoms with Crippen molar-refractivity contribution >= 4 is 11.7 Å². The van der Waals surface area contributed by atoms with Crippen LogP contribution in [0.25, 0.3) is 0 Å². The summed E-state index contributed by atoms with van der Waals surface area (Å²) in [6.45, 7) is 4.43. The molecule has 144 valence electrons. The van der Waals surface area contributed by atoms with E-state index in [1.165, 1.54) is 0 Å². The first-order valence-corrected chi connectivity index (χ1v) is 9.06. The second kappa shape index (κ2) is 9.23. The molecule has 3 rings (SSSR count). The van der Waals surface area contributed by atoms with Gasteiger partial charge in [-0.2, -0.15) is 0 Å². The predicted molar refractivity (Wildman–Crippen MR) is 104 cm³/mol. The van der Waals surface area contributed by atoms with Crippen LogP contribution < -0.4 is 19.7 Å². The fourth-order valence-electron chi connectivity index (χ4n) is 2.88. The lowest BCUT2D eigenvalue weighted by Crippen LogP contribution is -2.44. The minimum atomic E-state index is -0.191. The Hall–Kier alpha value is -2.80. The van der Waals surface area contributed by atoms with Crippen molar-refractivity contribution in [2.24, 2.45) is 0 Å². The molecule has 7 heteroatoms. The van der Waals surface area contributed by atoms with Gasteiger partial charge in [-0.3, -0.25) is 4.79 Å². The average molecular weight is 370 g/mol. The average Bonchev–Trinajstić information content (AvgIpc) is 2.72. The van der Waals surface area contributed by atoms with Crippen molar-refractivity contribution in [3.63, 3.8) is 0 Å². The van der Waals surface area contributed by atoms with Gasteiger partial charge in [0.15, 0.2) is 18.1 Å². The summed E-state index contributed by atoms with van der Waals surface area (Å²) < 4.78 is 10.7. The summed E-state index contributed by atoms with van der Waals surface area (Å²) in [5, 5.41) is 2.85. The smallest absolute Gasteiger partial charge is 0.258 e. The van der Waals surface area contributed by atoms with Gasteiger partial charge in [0.05, 0.1) is 7.11 Å². The third kappa shape index (κ3) is 5.34. The zero-order chi connectivity index (χ0) is 19.1. The van der Waals surface area contributed by atoms with Gasteiger partial charge in [-0.1, -0.05) is 18.2 Å². The number of hydrogen-bond acceptors (Lipinski definition) is 6. The number of aromatic nitrogens is 1. The zero-order valence-corrected chi connectivity index (χ0v) is 15.9. The van der Waals surface area contributed by atoms with E-state index in [2.05, 4.69) is 27.1 Å². The summed E-state index contributed by atoms with van der Waals surface area (Å²) in [6.07, 6.45) is 1.81. The van der Waals surface area contributed by atoms with Crippen molar-refractivity contribution in [3.8, 4) is 11.5 Å². The zero-order valence-electron chi connectivity index (χ0n) is 15.9. The van der Waals surface area contributed by atoms with Gasteiger partial charge in [0.1, 0.15) is 5.82 Å². The maximum Gasteiger partial charge on any atom is 0.258 e. The fourth-order valence-corrected chi connectivity index (χ4v) is 2.88. The minimum Gasteiger partial charge on any atom is -0.493 e. The molecule has 0 unspecified atom stereocenters. The maximum atomic E-state index is 12.0. The number of nitrogens with zero attached hydrogens (tertiary/aromatic N) is 3. The van der Waals surface area contributed by atoms with Gasteiger partial charge >= 0.3 is 0 Å². The summed E-state index contributed by atoms with van der Waals surface area (Å²) in [5.74, 6) is 1.95. The number of para-hydroxylation sites is 2. The van der Waals surface area contributed by atoms with Gasteiger partial charge in [-0.25, -0.2) is 4.98 Å². The molecule has 1 aromatic carbocycles. The molecule has 0 bridgehead atoms. The van der Waals surface area contributed by atoms with E-state index < -0.39 is 0 Å². The number of likely N-dealkylation sites (N-methyl/N-ethyl adjacent to an activating group) is 1. The second-order valence-electron chi connectivity index (χ2n) is 6.53. The Kier molecular flexibility index (Phi) is 6.49. The number of methoxy groups -OCH3 is 1. The molecule has 0 spiro atoms. The number of hydrogen-bond donors (Lipinski definition) is 1. The molecule has 0 atom stereocenters. The number of rotatable bonds is 7. The molecule has 0 saturated carbocycles. The summed E-state index contributed by atoms with van der Waals surface area (Å²) in [5.41, 5.74) is 0.957. The lowest BCUT2D eigenvalue weighted by atomic mass is 10.2. The topological polar surface area (TPSA) is 66.9 Å². The Bertz CT molecular complexity index is 743. The van der Waals surface area contributed by atoms with Crippen molar-refractivity contribution in [2.75, 3.05) is 51.8 Å². The molecule has 27 heavy (non-hydrogen) atoms. The van der Waals surface area contributed by atoms with E-state index in [1.54, 1.807) is 19.2 Å². The van der Waals surface area contributed by atoms with Crippen LogP contribution in [0.15, 0.2) is 42.6 Å². The number of amides is 1. The van der Waals surface area contributed by atoms with E-state index >= 15 is 0 Å². The summed E-state index contributed by atoms with van der Waals surface area (Å²) >= 11 is 0. The molecular formula is C20H26N4O3. The molecule has 0 aliphatic carbocycles. The van der Waals surface area contributed by atoms with Gasteiger partial charge < -0.3 is 24.6 Å². The molecule has 1 N–H and O–H groups in total. The Morgan fingerprint density at radius 1 is 1.11 bits per heavy atom. The van der Waals surface area contributed by atoms with Crippen LogP contribution in [0.1, 0.15) is 5.56 Å². The molecule has 1 aliphatic rings. The van der Waals surface area contributed by atoms with Crippen molar-refractivity contribution < 1.29 is 14.3 Å². The van der Waals surface area contributed by atoms with Crippen molar-refractivity contribution in [1.82, 2.24) is 15.2 Å². The van der Waals surface area contributed by atoms with Gasteiger partial charge in [0, 0.05) is 38.9 Å². The molecule has 1 aromatic heterocycles. The quantitative estimate of drug-likeness (QED) is 0.798. The monoisotopic (exact) mass is 370 g/mol. The normalized spacial score (nSPS) is 14.7. The lowest BCUT2D eigenvalue weighted by Gasteiger charge is -2.33. The molecule has 2 heterocycles. The first-order chi connectivity index (χ1) is 13.2. The van der Waals surface area contributed by atoms with Crippen LogP contribution in [0.2, 0.25) is 0 Å². The van der Waals surface area contributed by atoms with E-state index in [1.807, 2.05) is 30.5 Å². The number of ether oxygens (including phenoxy) is 2. The number of piperazine rings is 1. The predicted octanol–water partition coefficient (Wildman–Crippen LogP) is 1.54. The highest BCUT2D eigenvalue weighted by molar-refractivity contribution is 5.77. The van der Waals surface area contributed by atoms with Crippen molar-refractivity contribution in [2.45, 2.75) is 6.54 Å². The van der Waals surface area contributed by atoms with E-state index in [-0.39, 0.29) is 12.5 Å². The van der Waals surface area contributed by atoms with Crippen LogP contribution in [0.4, 0.5) is 5.82 Å². The highest BCUT2D eigenvalue weighted by atomic mass is 16.5. The largest absolute Gasteiger partial charge is 0.493 e. The van der Waals surface area contributed by atoms with E-state index in [0.717, 1.165) is 37.6 Å². The number of nitrogens with one attached hydrogen (secondary N) is 1. The standard InChI is InChI=1S/C20H26N4O3/c1-23-9-11-24(12-10-23)19-8-7-16(13-21-19)14-22-20(25)15-27-18-6-4-3-5-17(18)26-2/h3-8,13H,9-12,14-15H2,1-2H3,(H,22,25). The van der Waals surface area contributed by atoms with Gasteiger partial charge in [0.25, 0.3) is 5.91 Å². The Morgan fingerprint density at radius 2 is 1.85 bits per heavy atom. The number of anilines is 1. The van der Waals surface area contributed by atoms with Crippen LogP contribution in [-0.2, 0) is 11.3 Å². The van der Waals surface area contributed by atoms with Gasteiger partial charge in [-0.05, 0) is 30.8 Å². The van der Waals surface area contributed by atoms with E-state index in [0.29, 0.717) is 18.0 Å². The summed E-state index contributed by atoms with van der Waals surface area (Å²) in [6, 6.07) is 11.3. The Labute approximate surface area is 159 Å². The lowest BCUT2D eigenvalue weighted by molar-refractivity contribution is -0.123. The van der Waals surface area contributed by atoms with E-state index in [9.17, 15) is 4.79 Å². The van der Waals surface area contributed by atoms with Crippen LogP contribution in [0.5, 0.6) is 11.5 Å². The number of pyridine rings is 1. The Morgan fingerprint density at radius 3 is 2.52 bits per heavy atom. The molecule has 1 saturated heterocycles. The van der Waals surface area contributed by atoms with Crippen LogP contribution >= 0.6 is 0 Å². The molecular weight excluding hydrogens is 344 g/mol. The third-order valence-electron chi connectivity index (χ3n) is 4.55. The fraction of sp³-hybridized carbons (Fsp3) is 0.400. The Balaban J connectivity index is 1.45. The van der Waals surface area contributed by atoms with Crippen LogP contribution in [-0.4, -0.2) is 62.7 Å². The third-order valence-corrected chi connectivity index (χ3v) is 4.55. The van der Waals surface area contributed by atoms with E-state index in [4.69, 9.17) is 9.47 Å². The molecule has 1 amide bonds. The SMILES string of the molecule is COc1ccccc1OCC(=O)NCc1ccc(N2CCN(C)CC2)nc1. The van der Waals surface area contributed by atoms with Gasteiger partial charge in [-0.15, -0.1) is 0 Å². The highest BCUT2D eigenvalue weighted by Crippen LogP contribution is 2.25. The number of benzene rings is 1. The molecule has 1 aliphatic heterocycles. The van der Waals surface area contributed by atoms with Crippen molar-refractivity contribution in [3.05, 3.63) is 48.2 Å². The second-order valence-corrected chi connectivity index (χ2v) is 6.53. The molecule has 2 aromatic rings. The van der Waals surface area contributed by atoms with Crippen LogP contribution in [0.3, 0.4) is 0 Å². The first kappa shape index (κ1) is 19.0. The molecule has 1 fully saturated rings. The highest BCUT2D eigenvalue weighted by Gasteiger charge is 2.15. The van der Waals surface area contributed by atoms with Crippen LogP contribution in [0, 0.1) is 0 Å². The van der Waals surface area contributed by atoms with Crippen molar-refractivity contribution in [1.29, 1.82) is 0 Å². The molecule has 0 radical (unpaired) electrons. The number of carbonyl (C=O) groups excluding carboxylic acids is 1. The minimum absolute atomic E-state index is 0.0623. The first-order valence-electron chi connectivity index (χ1n) is 9.06.